The van der Waals surface area contributed by atoms with E-state index >= 15 is 0 Å². The lowest BCUT2D eigenvalue weighted by Crippen LogP contribution is -2.13. The van der Waals surface area contributed by atoms with Crippen LogP contribution in [-0.4, -0.2) is 15.6 Å². The zero-order valence-corrected chi connectivity index (χ0v) is 8.68. The Hall–Kier alpha value is -1.68. The van der Waals surface area contributed by atoms with Gasteiger partial charge in [0.1, 0.15) is 0 Å². The second kappa shape index (κ2) is 4.23. The van der Waals surface area contributed by atoms with Crippen molar-refractivity contribution in [2.24, 2.45) is 0 Å². The van der Waals surface area contributed by atoms with Crippen molar-refractivity contribution < 1.29 is 10.0 Å². The molecule has 1 aromatic rings. The van der Waals surface area contributed by atoms with Crippen LogP contribution in [0, 0.1) is 10.1 Å². The van der Waals surface area contributed by atoms with Gasteiger partial charge in [-0.3, -0.25) is 10.1 Å². The molecule has 0 heterocycles. The monoisotopic (exact) mass is 207 g/mol. The number of hydrogen-bond donors (Lipinski definition) is 1. The van der Waals surface area contributed by atoms with Crippen LogP contribution < -0.4 is 0 Å². The smallest absolute Gasteiger partial charge is 0.270 e. The Morgan fingerprint density at radius 1 is 1.47 bits per heavy atom. The maximum atomic E-state index is 10.5. The van der Waals surface area contributed by atoms with E-state index in [-0.39, 0.29) is 5.69 Å². The Balaban J connectivity index is 2.92. The van der Waals surface area contributed by atoms with Gasteiger partial charge in [-0.1, -0.05) is 24.3 Å². The summed E-state index contributed by atoms with van der Waals surface area (Å²) in [6.45, 7) is 3.28. The molecule has 0 unspecified atom stereocenters. The van der Waals surface area contributed by atoms with Gasteiger partial charge in [-0.25, -0.2) is 0 Å². The van der Waals surface area contributed by atoms with Crippen molar-refractivity contribution in [3.63, 3.8) is 0 Å². The summed E-state index contributed by atoms with van der Waals surface area (Å²) < 4.78 is 0. The first-order valence-electron chi connectivity index (χ1n) is 4.54. The lowest BCUT2D eigenvalue weighted by atomic mass is 10.1. The number of nitrogens with zero attached hydrogens (tertiary/aromatic N) is 1. The predicted octanol–water partition coefficient (Wildman–Crippen LogP) is 2.38. The van der Waals surface area contributed by atoms with E-state index < -0.39 is 10.5 Å². The molecule has 0 spiro atoms. The first-order chi connectivity index (χ1) is 6.88. The molecular weight excluding hydrogens is 194 g/mol. The van der Waals surface area contributed by atoms with E-state index in [2.05, 4.69) is 0 Å². The van der Waals surface area contributed by atoms with Gasteiger partial charge in [0, 0.05) is 12.1 Å². The van der Waals surface area contributed by atoms with Crippen LogP contribution in [0.3, 0.4) is 0 Å². The molecule has 0 saturated carbocycles. The molecule has 4 heteroatoms. The summed E-state index contributed by atoms with van der Waals surface area (Å²) >= 11 is 0. The Labute approximate surface area is 88.0 Å². The topological polar surface area (TPSA) is 63.4 Å². The van der Waals surface area contributed by atoms with Gasteiger partial charge in [0.2, 0.25) is 0 Å². The van der Waals surface area contributed by atoms with Crippen LogP contribution in [0.4, 0.5) is 5.69 Å². The average Bonchev–Trinajstić information content (AvgIpc) is 2.14. The third-order valence-electron chi connectivity index (χ3n) is 1.76. The average molecular weight is 207 g/mol. The van der Waals surface area contributed by atoms with Gasteiger partial charge in [-0.2, -0.15) is 0 Å². The van der Waals surface area contributed by atoms with Gasteiger partial charge in [-0.05, 0) is 19.4 Å². The van der Waals surface area contributed by atoms with Crippen molar-refractivity contribution in [3.8, 4) is 0 Å². The van der Waals surface area contributed by atoms with Crippen LogP contribution >= 0.6 is 0 Å². The highest BCUT2D eigenvalue weighted by Gasteiger charge is 2.07. The third kappa shape index (κ3) is 3.91. The van der Waals surface area contributed by atoms with E-state index in [0.717, 1.165) is 0 Å². The van der Waals surface area contributed by atoms with Crippen LogP contribution in [0.25, 0.3) is 6.08 Å². The maximum absolute atomic E-state index is 10.5. The summed E-state index contributed by atoms with van der Waals surface area (Å²) in [5, 5.41) is 19.9. The van der Waals surface area contributed by atoms with Crippen LogP contribution in [-0.2, 0) is 0 Å². The van der Waals surface area contributed by atoms with Gasteiger partial charge in [0.15, 0.2) is 0 Å². The van der Waals surface area contributed by atoms with E-state index in [1.54, 1.807) is 38.1 Å². The molecule has 0 atom stereocenters. The van der Waals surface area contributed by atoms with Crippen LogP contribution in [0.5, 0.6) is 0 Å². The van der Waals surface area contributed by atoms with Crippen molar-refractivity contribution in [3.05, 3.63) is 46.0 Å². The molecule has 1 aromatic carbocycles. The zero-order valence-electron chi connectivity index (χ0n) is 8.68. The fourth-order valence-corrected chi connectivity index (χ4v) is 1.04. The number of nitro benzene ring substituents is 1. The van der Waals surface area contributed by atoms with Gasteiger partial charge in [0.05, 0.1) is 10.5 Å². The van der Waals surface area contributed by atoms with Crippen molar-refractivity contribution in [1.82, 2.24) is 0 Å². The molecule has 0 aliphatic heterocycles. The standard InChI is InChI=1S/C11H13NO3/c1-11(2,13)7-6-9-4-3-5-10(8-9)12(14)15/h3-8,13H,1-2H3/b7-6+. The van der Waals surface area contributed by atoms with Gasteiger partial charge < -0.3 is 5.11 Å². The molecule has 4 nitrogen and oxygen atoms in total. The predicted molar refractivity (Wildman–Crippen MR) is 58.4 cm³/mol. The minimum Gasteiger partial charge on any atom is -0.386 e. The summed E-state index contributed by atoms with van der Waals surface area (Å²) in [6, 6.07) is 6.25. The molecular formula is C11H13NO3. The third-order valence-corrected chi connectivity index (χ3v) is 1.76. The highest BCUT2D eigenvalue weighted by Crippen LogP contribution is 2.15. The summed E-state index contributed by atoms with van der Waals surface area (Å²) in [5.74, 6) is 0. The van der Waals surface area contributed by atoms with E-state index in [4.69, 9.17) is 0 Å². The highest BCUT2D eigenvalue weighted by atomic mass is 16.6. The van der Waals surface area contributed by atoms with Gasteiger partial charge in [-0.15, -0.1) is 0 Å². The van der Waals surface area contributed by atoms with Crippen LogP contribution in [0.2, 0.25) is 0 Å². The zero-order chi connectivity index (χ0) is 11.5. The number of aliphatic hydroxyl groups is 1. The molecule has 0 bridgehead atoms. The van der Waals surface area contributed by atoms with Gasteiger partial charge in [0.25, 0.3) is 5.69 Å². The fourth-order valence-electron chi connectivity index (χ4n) is 1.04. The largest absolute Gasteiger partial charge is 0.386 e. The first kappa shape index (κ1) is 11.4. The minimum atomic E-state index is -0.912. The van der Waals surface area contributed by atoms with Crippen molar-refractivity contribution >= 4 is 11.8 Å². The lowest BCUT2D eigenvalue weighted by molar-refractivity contribution is -0.384. The van der Waals surface area contributed by atoms with E-state index in [0.29, 0.717) is 5.56 Å². The molecule has 0 saturated heterocycles. The molecule has 0 aromatic heterocycles. The summed E-state index contributed by atoms with van der Waals surface area (Å²) in [4.78, 5) is 10.0. The number of benzene rings is 1. The van der Waals surface area contributed by atoms with Crippen molar-refractivity contribution in [2.75, 3.05) is 0 Å². The molecule has 80 valence electrons. The van der Waals surface area contributed by atoms with Crippen LogP contribution in [0.1, 0.15) is 19.4 Å². The molecule has 0 radical (unpaired) electrons. The quantitative estimate of drug-likeness (QED) is 0.611. The lowest BCUT2D eigenvalue weighted by Gasteiger charge is -2.09. The molecule has 0 aliphatic carbocycles. The normalized spacial score (nSPS) is 11.9. The SMILES string of the molecule is CC(C)(O)/C=C/c1cccc([N+](=O)[O-])c1. The first-order valence-corrected chi connectivity index (χ1v) is 4.54. The molecule has 0 aliphatic rings. The summed E-state index contributed by atoms with van der Waals surface area (Å²) in [5.41, 5.74) is -0.163. The number of non-ortho nitro benzene ring substituents is 1. The maximum Gasteiger partial charge on any atom is 0.270 e. The van der Waals surface area contributed by atoms with Crippen molar-refractivity contribution in [1.29, 1.82) is 0 Å². The molecule has 15 heavy (non-hydrogen) atoms. The number of nitro groups is 1. The Morgan fingerprint density at radius 3 is 2.67 bits per heavy atom. The Morgan fingerprint density at radius 2 is 2.13 bits per heavy atom. The highest BCUT2D eigenvalue weighted by molar-refractivity contribution is 5.54. The van der Waals surface area contributed by atoms with E-state index in [1.165, 1.54) is 12.1 Å². The van der Waals surface area contributed by atoms with Crippen molar-refractivity contribution in [2.45, 2.75) is 19.4 Å². The fraction of sp³-hybridized carbons (Fsp3) is 0.273. The van der Waals surface area contributed by atoms with Crippen LogP contribution in [0.15, 0.2) is 30.3 Å². The molecule has 0 fully saturated rings. The second-order valence-corrected chi connectivity index (χ2v) is 3.84. The van der Waals surface area contributed by atoms with E-state index in [9.17, 15) is 15.2 Å². The summed E-state index contributed by atoms with van der Waals surface area (Å²) in [7, 11) is 0. The Kier molecular flexibility index (Phi) is 3.21. The minimum absolute atomic E-state index is 0.0490. The Bertz CT molecular complexity index is 391. The molecule has 1 rings (SSSR count). The molecule has 1 N–H and O–H groups in total. The molecule has 0 amide bonds. The van der Waals surface area contributed by atoms with Gasteiger partial charge >= 0.3 is 0 Å². The van der Waals surface area contributed by atoms with E-state index in [1.807, 2.05) is 0 Å². The number of hydrogen-bond acceptors (Lipinski definition) is 3. The second-order valence-electron chi connectivity index (χ2n) is 3.84. The summed E-state index contributed by atoms with van der Waals surface area (Å²) in [6.07, 6.45) is 3.25. The number of rotatable bonds is 3.